The predicted octanol–water partition coefficient (Wildman–Crippen LogP) is 4.38. The van der Waals surface area contributed by atoms with E-state index in [2.05, 4.69) is 27.0 Å². The molecule has 138 valence electrons. The van der Waals surface area contributed by atoms with E-state index in [-0.39, 0.29) is 0 Å². The molecule has 0 bridgehead atoms. The number of hydrogen-bond acceptors (Lipinski definition) is 5. The van der Waals surface area contributed by atoms with Crippen LogP contribution in [0.5, 0.6) is 0 Å². The highest BCUT2D eigenvalue weighted by atomic mass is 15.2. The second kappa shape index (κ2) is 7.36. The van der Waals surface area contributed by atoms with Crippen LogP contribution >= 0.6 is 0 Å². The number of pyridine rings is 1. The molecule has 0 fully saturated rings. The molecule has 6 nitrogen and oxygen atoms in total. The normalized spacial score (nSPS) is 11.2. The summed E-state index contributed by atoms with van der Waals surface area (Å²) in [4.78, 5) is 8.60. The SMILES string of the molecule is C=C(Nc1ccc2cn(C)nc2c1)c1ccccc1/N=C/c1ccnc(N)c1. The quantitative estimate of drug-likeness (QED) is 0.512. The van der Waals surface area contributed by atoms with E-state index in [0.29, 0.717) is 5.82 Å². The van der Waals surface area contributed by atoms with Crippen LogP contribution in [0.4, 0.5) is 17.2 Å². The summed E-state index contributed by atoms with van der Waals surface area (Å²) in [6.07, 6.45) is 5.42. The first-order chi connectivity index (χ1) is 13.6. The molecule has 0 saturated heterocycles. The maximum absolute atomic E-state index is 5.73. The Morgan fingerprint density at radius 1 is 1.18 bits per heavy atom. The van der Waals surface area contributed by atoms with E-state index in [9.17, 15) is 0 Å². The van der Waals surface area contributed by atoms with Gasteiger partial charge in [-0.1, -0.05) is 24.8 Å². The molecule has 6 heteroatoms. The third-order valence-corrected chi connectivity index (χ3v) is 4.30. The number of aryl methyl sites for hydroxylation is 1. The van der Waals surface area contributed by atoms with Crippen LogP contribution in [0.15, 0.2) is 78.6 Å². The second-order valence-corrected chi connectivity index (χ2v) is 6.47. The summed E-state index contributed by atoms with van der Waals surface area (Å²) in [7, 11) is 1.91. The van der Waals surface area contributed by atoms with E-state index in [1.165, 1.54) is 0 Å². The van der Waals surface area contributed by atoms with Crippen molar-refractivity contribution < 1.29 is 0 Å². The molecule has 0 unspecified atom stereocenters. The molecular weight excluding hydrogens is 348 g/mol. The highest BCUT2D eigenvalue weighted by Gasteiger charge is 2.07. The minimum atomic E-state index is 0.466. The van der Waals surface area contributed by atoms with Crippen molar-refractivity contribution in [2.24, 2.45) is 12.0 Å². The first-order valence-corrected chi connectivity index (χ1v) is 8.83. The summed E-state index contributed by atoms with van der Waals surface area (Å²) in [5.74, 6) is 0.466. The van der Waals surface area contributed by atoms with Crippen LogP contribution in [0.2, 0.25) is 0 Å². The molecular formula is C22H20N6. The van der Waals surface area contributed by atoms with Crippen molar-refractivity contribution in [3.05, 3.63) is 84.7 Å². The first kappa shape index (κ1) is 17.5. The molecule has 0 amide bonds. The summed E-state index contributed by atoms with van der Waals surface area (Å²) in [5.41, 5.74) is 11.0. The summed E-state index contributed by atoms with van der Waals surface area (Å²) in [5, 5.41) is 8.91. The van der Waals surface area contributed by atoms with Crippen molar-refractivity contribution in [3.63, 3.8) is 0 Å². The molecule has 2 aromatic carbocycles. The highest BCUT2D eigenvalue weighted by Crippen LogP contribution is 2.27. The lowest BCUT2D eigenvalue weighted by molar-refractivity contribution is 0.780. The number of nitrogen functional groups attached to an aromatic ring is 1. The molecule has 4 rings (SSSR count). The Kier molecular flexibility index (Phi) is 4.60. The average molecular weight is 368 g/mol. The van der Waals surface area contributed by atoms with Crippen molar-refractivity contribution in [2.45, 2.75) is 0 Å². The third kappa shape index (κ3) is 3.76. The monoisotopic (exact) mass is 368 g/mol. The van der Waals surface area contributed by atoms with Gasteiger partial charge in [-0.15, -0.1) is 0 Å². The van der Waals surface area contributed by atoms with Gasteiger partial charge in [0.25, 0.3) is 0 Å². The van der Waals surface area contributed by atoms with Crippen LogP contribution < -0.4 is 11.1 Å². The fraction of sp³-hybridized carbons (Fsp3) is 0.0455. The summed E-state index contributed by atoms with van der Waals surface area (Å²) >= 11 is 0. The molecule has 0 atom stereocenters. The van der Waals surface area contributed by atoms with E-state index in [0.717, 1.165) is 39.1 Å². The molecule has 4 aromatic rings. The Morgan fingerprint density at radius 3 is 2.89 bits per heavy atom. The van der Waals surface area contributed by atoms with Crippen molar-refractivity contribution in [1.29, 1.82) is 0 Å². The highest BCUT2D eigenvalue weighted by molar-refractivity contribution is 5.89. The second-order valence-electron chi connectivity index (χ2n) is 6.47. The lowest BCUT2D eigenvalue weighted by atomic mass is 10.1. The molecule has 0 radical (unpaired) electrons. The van der Waals surface area contributed by atoms with E-state index < -0.39 is 0 Å². The minimum Gasteiger partial charge on any atom is -0.384 e. The van der Waals surface area contributed by atoms with Crippen molar-refractivity contribution in [2.75, 3.05) is 11.1 Å². The molecule has 0 saturated carbocycles. The summed E-state index contributed by atoms with van der Waals surface area (Å²) < 4.78 is 1.80. The predicted molar refractivity (Wildman–Crippen MR) is 116 cm³/mol. The molecule has 2 heterocycles. The zero-order valence-electron chi connectivity index (χ0n) is 15.5. The molecule has 0 aliphatic heterocycles. The Morgan fingerprint density at radius 2 is 2.04 bits per heavy atom. The van der Waals surface area contributed by atoms with Gasteiger partial charge in [0.15, 0.2) is 0 Å². The number of aliphatic imine (C=N–C) groups is 1. The molecule has 0 spiro atoms. The van der Waals surface area contributed by atoms with Gasteiger partial charge in [0, 0.05) is 48.0 Å². The first-order valence-electron chi connectivity index (χ1n) is 8.83. The number of anilines is 2. The maximum Gasteiger partial charge on any atom is 0.123 e. The number of benzene rings is 2. The van der Waals surface area contributed by atoms with Crippen LogP contribution in [-0.4, -0.2) is 21.0 Å². The van der Waals surface area contributed by atoms with Gasteiger partial charge in [-0.3, -0.25) is 9.67 Å². The van der Waals surface area contributed by atoms with Gasteiger partial charge in [-0.05, 0) is 42.0 Å². The van der Waals surface area contributed by atoms with Crippen LogP contribution in [0.25, 0.3) is 16.6 Å². The topological polar surface area (TPSA) is 81.1 Å². The number of nitrogens with zero attached hydrogens (tertiary/aromatic N) is 4. The number of hydrogen-bond donors (Lipinski definition) is 2. The van der Waals surface area contributed by atoms with Gasteiger partial charge in [0.2, 0.25) is 0 Å². The molecule has 2 aromatic heterocycles. The molecule has 28 heavy (non-hydrogen) atoms. The largest absolute Gasteiger partial charge is 0.384 e. The van der Waals surface area contributed by atoms with Crippen LogP contribution in [0.1, 0.15) is 11.1 Å². The van der Waals surface area contributed by atoms with Crippen molar-refractivity contribution in [3.8, 4) is 0 Å². The van der Waals surface area contributed by atoms with Gasteiger partial charge in [-0.25, -0.2) is 4.98 Å². The number of nitrogens with one attached hydrogen (secondary N) is 1. The number of rotatable bonds is 5. The van der Waals surface area contributed by atoms with Crippen LogP contribution in [-0.2, 0) is 7.05 Å². The Labute approximate surface area is 163 Å². The van der Waals surface area contributed by atoms with Crippen LogP contribution in [0, 0.1) is 0 Å². The molecule has 0 aliphatic rings. The van der Waals surface area contributed by atoms with Gasteiger partial charge in [0.05, 0.1) is 11.2 Å². The lowest BCUT2D eigenvalue weighted by Gasteiger charge is -2.12. The van der Waals surface area contributed by atoms with Crippen molar-refractivity contribution >= 4 is 40.0 Å². The smallest absolute Gasteiger partial charge is 0.123 e. The Hall–Kier alpha value is -3.93. The number of aromatic nitrogens is 3. The minimum absolute atomic E-state index is 0.466. The number of fused-ring (bicyclic) bond motifs is 1. The standard InChI is InChI=1S/C22H20N6/c1-15(26-18-8-7-17-14-28(2)27-21(17)12-18)19-5-3-4-6-20(19)25-13-16-9-10-24-22(23)11-16/h3-14,26H,1H2,2H3,(H2,23,24)/b25-13+. The fourth-order valence-electron chi connectivity index (χ4n) is 2.99. The number of nitrogens with two attached hydrogens (primary N) is 1. The van der Waals surface area contributed by atoms with Gasteiger partial charge >= 0.3 is 0 Å². The van der Waals surface area contributed by atoms with Gasteiger partial charge < -0.3 is 11.1 Å². The number of para-hydroxylation sites is 1. The third-order valence-electron chi connectivity index (χ3n) is 4.30. The Bertz CT molecular complexity index is 1190. The molecule has 0 aliphatic carbocycles. The van der Waals surface area contributed by atoms with Crippen molar-refractivity contribution in [1.82, 2.24) is 14.8 Å². The van der Waals surface area contributed by atoms with Crippen LogP contribution in [0.3, 0.4) is 0 Å². The zero-order chi connectivity index (χ0) is 19.5. The fourth-order valence-corrected chi connectivity index (χ4v) is 2.99. The Balaban J connectivity index is 1.58. The van der Waals surface area contributed by atoms with Gasteiger partial charge in [0.1, 0.15) is 5.82 Å². The average Bonchev–Trinajstić information content (AvgIpc) is 3.06. The van der Waals surface area contributed by atoms with E-state index in [1.807, 2.05) is 61.8 Å². The lowest BCUT2D eigenvalue weighted by Crippen LogP contribution is -1.98. The zero-order valence-corrected chi connectivity index (χ0v) is 15.5. The summed E-state index contributed by atoms with van der Waals surface area (Å²) in [6.45, 7) is 4.19. The summed E-state index contributed by atoms with van der Waals surface area (Å²) in [6, 6.07) is 17.5. The molecule has 3 N–H and O–H groups in total. The maximum atomic E-state index is 5.73. The van der Waals surface area contributed by atoms with E-state index in [4.69, 9.17) is 5.73 Å². The van der Waals surface area contributed by atoms with E-state index in [1.54, 1.807) is 23.2 Å². The van der Waals surface area contributed by atoms with Gasteiger partial charge in [-0.2, -0.15) is 5.10 Å². The van der Waals surface area contributed by atoms with E-state index >= 15 is 0 Å².